The van der Waals surface area contributed by atoms with Gasteiger partial charge in [0.25, 0.3) is 0 Å². The molecular weight excluding hydrogens is 306 g/mol. The van der Waals surface area contributed by atoms with Gasteiger partial charge in [-0.1, -0.05) is 12.1 Å². The highest BCUT2D eigenvalue weighted by atomic mass is 19.3. The number of hydrogen-bond donors (Lipinski definition) is 1. The van der Waals surface area contributed by atoms with Gasteiger partial charge in [0, 0.05) is 5.56 Å². The maximum absolute atomic E-state index is 13.3. The summed E-state index contributed by atoms with van der Waals surface area (Å²) in [6, 6.07) is 12.2. The number of carboxylic acids is 1. The molecule has 0 saturated heterocycles. The third kappa shape index (κ3) is 4.42. The monoisotopic (exact) mass is 322 g/mol. The lowest BCUT2D eigenvalue weighted by Crippen LogP contribution is -2.25. The van der Waals surface area contributed by atoms with Crippen LogP contribution in [0.1, 0.15) is 11.1 Å². The topological polar surface area (TPSA) is 55.8 Å². The average Bonchev–Trinajstić information content (AvgIpc) is 2.52. The zero-order valence-electron chi connectivity index (χ0n) is 12.5. The first-order chi connectivity index (χ1) is 10.9. The minimum absolute atomic E-state index is 0.239. The number of aliphatic carboxylic acids is 1. The molecule has 0 fully saturated rings. The number of carboxylic acid groups (broad SMARTS) is 1. The summed E-state index contributed by atoms with van der Waals surface area (Å²) >= 11 is 0. The van der Waals surface area contributed by atoms with Crippen molar-refractivity contribution in [3.05, 3.63) is 59.7 Å². The molecule has 0 atom stereocenters. The van der Waals surface area contributed by atoms with Gasteiger partial charge in [-0.25, -0.2) is 4.79 Å². The Morgan fingerprint density at radius 2 is 1.65 bits per heavy atom. The highest BCUT2D eigenvalue weighted by Crippen LogP contribution is 2.29. The molecule has 1 N–H and O–H groups in total. The second-order valence-corrected chi connectivity index (χ2v) is 4.92. The molecule has 0 aliphatic rings. The number of benzene rings is 2. The lowest BCUT2D eigenvalue weighted by molar-refractivity contribution is -0.166. The Labute approximate surface area is 132 Å². The van der Waals surface area contributed by atoms with Crippen molar-refractivity contribution in [2.45, 2.75) is 12.8 Å². The van der Waals surface area contributed by atoms with Crippen LogP contribution in [0, 0.1) is 6.92 Å². The highest BCUT2D eigenvalue weighted by molar-refractivity contribution is 5.77. The number of aryl methyl sites for hydroxylation is 1. The molecule has 0 bridgehead atoms. The lowest BCUT2D eigenvalue weighted by atomic mass is 10.1. The van der Waals surface area contributed by atoms with Crippen molar-refractivity contribution in [3.63, 3.8) is 0 Å². The molecule has 6 heteroatoms. The first kappa shape index (κ1) is 16.7. The van der Waals surface area contributed by atoms with Crippen LogP contribution in [0.2, 0.25) is 0 Å². The standard InChI is InChI=1S/C17H16F2O4/c1-12-3-2-4-15(11-12)23-10-9-22-14-7-5-13(6-8-14)17(18,19)16(20)21/h2-8,11H,9-10H2,1H3,(H,20,21). The van der Waals surface area contributed by atoms with Gasteiger partial charge in [-0.2, -0.15) is 8.78 Å². The highest BCUT2D eigenvalue weighted by Gasteiger charge is 2.40. The predicted molar refractivity (Wildman–Crippen MR) is 80.1 cm³/mol. The fourth-order valence-electron chi connectivity index (χ4n) is 1.91. The third-order valence-electron chi connectivity index (χ3n) is 3.10. The number of carbonyl (C=O) groups is 1. The van der Waals surface area contributed by atoms with Gasteiger partial charge in [0.15, 0.2) is 0 Å². The second-order valence-electron chi connectivity index (χ2n) is 4.92. The smallest absolute Gasteiger partial charge is 0.379 e. The van der Waals surface area contributed by atoms with E-state index < -0.39 is 17.5 Å². The molecule has 0 spiro atoms. The van der Waals surface area contributed by atoms with E-state index in [2.05, 4.69) is 0 Å². The Balaban J connectivity index is 1.84. The van der Waals surface area contributed by atoms with E-state index in [1.54, 1.807) is 0 Å². The van der Waals surface area contributed by atoms with Crippen molar-refractivity contribution in [1.29, 1.82) is 0 Å². The van der Waals surface area contributed by atoms with E-state index in [1.807, 2.05) is 31.2 Å². The first-order valence-electron chi connectivity index (χ1n) is 6.93. The third-order valence-corrected chi connectivity index (χ3v) is 3.10. The van der Waals surface area contributed by atoms with E-state index in [1.165, 1.54) is 12.1 Å². The molecule has 0 aliphatic heterocycles. The molecule has 2 aromatic rings. The first-order valence-corrected chi connectivity index (χ1v) is 6.93. The van der Waals surface area contributed by atoms with E-state index in [-0.39, 0.29) is 6.61 Å². The summed E-state index contributed by atoms with van der Waals surface area (Å²) in [5.41, 5.74) is 0.492. The lowest BCUT2D eigenvalue weighted by Gasteiger charge is -2.12. The molecular formula is C17H16F2O4. The van der Waals surface area contributed by atoms with Crippen LogP contribution in [0.5, 0.6) is 11.5 Å². The summed E-state index contributed by atoms with van der Waals surface area (Å²) in [5, 5.41) is 8.47. The normalized spacial score (nSPS) is 11.1. The van der Waals surface area contributed by atoms with Crippen molar-refractivity contribution in [2.24, 2.45) is 0 Å². The SMILES string of the molecule is Cc1cccc(OCCOc2ccc(C(F)(F)C(=O)O)cc2)c1. The molecule has 4 nitrogen and oxygen atoms in total. The largest absolute Gasteiger partial charge is 0.490 e. The Morgan fingerprint density at radius 1 is 1.04 bits per heavy atom. The molecule has 0 aromatic heterocycles. The molecule has 0 saturated carbocycles. The van der Waals surface area contributed by atoms with Crippen LogP contribution in [0.4, 0.5) is 8.78 Å². The van der Waals surface area contributed by atoms with E-state index in [9.17, 15) is 13.6 Å². The molecule has 122 valence electrons. The van der Waals surface area contributed by atoms with Gasteiger partial charge in [-0.05, 0) is 48.9 Å². The van der Waals surface area contributed by atoms with Crippen molar-refractivity contribution in [2.75, 3.05) is 13.2 Å². The number of alkyl halides is 2. The van der Waals surface area contributed by atoms with Crippen molar-refractivity contribution in [1.82, 2.24) is 0 Å². The molecule has 0 radical (unpaired) electrons. The quantitative estimate of drug-likeness (QED) is 0.791. The van der Waals surface area contributed by atoms with Crippen molar-refractivity contribution in [3.8, 4) is 11.5 Å². The number of rotatable bonds is 7. The molecule has 2 aromatic carbocycles. The second kappa shape index (κ2) is 7.09. The number of halogens is 2. The van der Waals surface area contributed by atoms with Crippen LogP contribution in [-0.2, 0) is 10.7 Å². The van der Waals surface area contributed by atoms with Gasteiger partial charge < -0.3 is 14.6 Å². The van der Waals surface area contributed by atoms with Crippen molar-refractivity contribution >= 4 is 5.97 Å². The Morgan fingerprint density at radius 3 is 2.22 bits per heavy atom. The van der Waals surface area contributed by atoms with Gasteiger partial charge in [-0.3, -0.25) is 0 Å². The molecule has 0 unspecified atom stereocenters. The summed E-state index contributed by atoms with van der Waals surface area (Å²) < 4.78 is 37.4. The minimum Gasteiger partial charge on any atom is -0.490 e. The summed E-state index contributed by atoms with van der Waals surface area (Å²) in [6.07, 6.45) is 0. The number of hydrogen-bond acceptors (Lipinski definition) is 3. The van der Waals surface area contributed by atoms with Crippen LogP contribution in [0.15, 0.2) is 48.5 Å². The molecule has 2 rings (SSSR count). The molecule has 0 heterocycles. The Hall–Kier alpha value is -2.63. The van der Waals surface area contributed by atoms with Gasteiger partial charge in [0.2, 0.25) is 0 Å². The average molecular weight is 322 g/mol. The Bertz CT molecular complexity index is 669. The van der Waals surface area contributed by atoms with Crippen LogP contribution >= 0.6 is 0 Å². The fourth-order valence-corrected chi connectivity index (χ4v) is 1.91. The summed E-state index contributed by atoms with van der Waals surface area (Å²) in [4.78, 5) is 10.5. The van der Waals surface area contributed by atoms with Gasteiger partial charge in [0.05, 0.1) is 0 Å². The maximum atomic E-state index is 13.3. The van der Waals surface area contributed by atoms with Crippen molar-refractivity contribution < 1.29 is 28.2 Å². The van der Waals surface area contributed by atoms with Crippen LogP contribution in [0.3, 0.4) is 0 Å². The van der Waals surface area contributed by atoms with Crippen LogP contribution in [-0.4, -0.2) is 24.3 Å². The van der Waals surface area contributed by atoms with Gasteiger partial charge in [0.1, 0.15) is 24.7 Å². The summed E-state index contributed by atoms with van der Waals surface area (Å²) in [5.74, 6) is -5.00. The van der Waals surface area contributed by atoms with E-state index in [0.29, 0.717) is 12.4 Å². The minimum atomic E-state index is -3.91. The zero-order valence-corrected chi connectivity index (χ0v) is 12.5. The van der Waals surface area contributed by atoms with E-state index in [0.717, 1.165) is 23.4 Å². The molecule has 0 aliphatic carbocycles. The fraction of sp³-hybridized carbons (Fsp3) is 0.235. The number of ether oxygens (including phenoxy) is 2. The molecule has 23 heavy (non-hydrogen) atoms. The van der Waals surface area contributed by atoms with E-state index >= 15 is 0 Å². The summed E-state index contributed by atoms with van der Waals surface area (Å²) in [6.45, 7) is 2.50. The van der Waals surface area contributed by atoms with E-state index in [4.69, 9.17) is 14.6 Å². The molecule has 0 amide bonds. The maximum Gasteiger partial charge on any atom is 0.379 e. The van der Waals surface area contributed by atoms with Crippen LogP contribution in [0.25, 0.3) is 0 Å². The zero-order chi connectivity index (χ0) is 16.9. The summed E-state index contributed by atoms with van der Waals surface area (Å²) in [7, 11) is 0. The Kier molecular flexibility index (Phi) is 5.16. The van der Waals surface area contributed by atoms with Gasteiger partial charge in [-0.15, -0.1) is 0 Å². The van der Waals surface area contributed by atoms with Crippen LogP contribution < -0.4 is 9.47 Å². The predicted octanol–water partition coefficient (Wildman–Crippen LogP) is 3.63. The van der Waals surface area contributed by atoms with Gasteiger partial charge >= 0.3 is 11.9 Å².